The second-order valence-corrected chi connectivity index (χ2v) is 11.0. The normalized spacial score (nSPS) is 25.5. The predicted octanol–water partition coefficient (Wildman–Crippen LogP) is 1.18. The molecule has 0 unspecified atom stereocenters. The average molecular weight is 481 g/mol. The number of halogens is 2. The van der Waals surface area contributed by atoms with Gasteiger partial charge in [-0.2, -0.15) is 4.98 Å². The highest BCUT2D eigenvalue weighted by Crippen LogP contribution is 2.37. The van der Waals surface area contributed by atoms with Gasteiger partial charge in [0.05, 0.1) is 17.9 Å². The van der Waals surface area contributed by atoms with Crippen LogP contribution in [0.1, 0.15) is 44.2 Å². The summed E-state index contributed by atoms with van der Waals surface area (Å²) in [6.07, 6.45) is 3.85. The van der Waals surface area contributed by atoms with Gasteiger partial charge in [-0.05, 0) is 31.7 Å². The summed E-state index contributed by atoms with van der Waals surface area (Å²) in [7, 11) is 1.73. The smallest absolute Gasteiger partial charge is 0.260 e. The first kappa shape index (κ1) is 24.0. The molecule has 2 radical (unpaired) electrons. The molecule has 0 aromatic carbocycles. The molecule has 2 N–H and O–H groups in total. The number of fused-ring (bicyclic) bond motifs is 1. The Morgan fingerprint density at radius 1 is 1.24 bits per heavy atom. The molecule has 0 bridgehead atoms. The van der Waals surface area contributed by atoms with Gasteiger partial charge in [0.25, 0.3) is 5.56 Å². The third kappa shape index (κ3) is 4.76. The zero-order chi connectivity index (χ0) is 24.1. The van der Waals surface area contributed by atoms with E-state index in [4.69, 9.17) is 7.85 Å². The predicted molar refractivity (Wildman–Crippen MR) is 120 cm³/mol. The van der Waals surface area contributed by atoms with Crippen molar-refractivity contribution >= 4 is 34.9 Å². The molecule has 2 fully saturated rings. The molecular weight excluding hydrogens is 455 g/mol. The number of aliphatic hydroxyl groups excluding tert-OH is 1. The van der Waals surface area contributed by atoms with Gasteiger partial charge in [0.2, 0.25) is 21.8 Å². The lowest BCUT2D eigenvalue weighted by atomic mass is 9.91. The van der Waals surface area contributed by atoms with E-state index in [0.717, 1.165) is 6.07 Å². The van der Waals surface area contributed by atoms with E-state index in [2.05, 4.69) is 15.3 Å². The van der Waals surface area contributed by atoms with Crippen LogP contribution in [-0.2, 0) is 15.8 Å². The van der Waals surface area contributed by atoms with Crippen LogP contribution in [-0.4, -0.2) is 71.7 Å². The molecule has 3 atom stereocenters. The summed E-state index contributed by atoms with van der Waals surface area (Å²) in [4.78, 5) is 21.8. The topological polar surface area (TPSA) is 117 Å². The number of aromatic nitrogens is 3. The van der Waals surface area contributed by atoms with Crippen molar-refractivity contribution in [3.05, 3.63) is 28.2 Å². The molecule has 2 aliphatic rings. The molecule has 1 saturated heterocycles. The molecule has 1 saturated carbocycles. The van der Waals surface area contributed by atoms with Gasteiger partial charge in [0.15, 0.2) is 7.85 Å². The van der Waals surface area contributed by atoms with Crippen LogP contribution >= 0.6 is 0 Å². The van der Waals surface area contributed by atoms with Crippen LogP contribution in [0.2, 0.25) is 0 Å². The van der Waals surface area contributed by atoms with Crippen molar-refractivity contribution in [3.63, 3.8) is 0 Å². The fourth-order valence-corrected chi connectivity index (χ4v) is 5.61. The molecule has 1 aliphatic carbocycles. The minimum Gasteiger partial charge on any atom is -0.393 e. The van der Waals surface area contributed by atoms with Crippen LogP contribution < -0.4 is 10.9 Å². The number of rotatable bonds is 5. The molecule has 1 aliphatic heterocycles. The van der Waals surface area contributed by atoms with Crippen molar-refractivity contribution in [1.29, 1.82) is 0 Å². The maximum Gasteiger partial charge on any atom is 0.260 e. The fraction of sp³-hybridized carbons (Fsp3) is 0.650. The minimum absolute atomic E-state index is 0.0829. The van der Waals surface area contributed by atoms with Gasteiger partial charge in [-0.3, -0.25) is 9.36 Å². The lowest BCUT2D eigenvalue weighted by Crippen LogP contribution is -2.42. The third-order valence-electron chi connectivity index (χ3n) is 6.69. The maximum absolute atomic E-state index is 14.0. The van der Waals surface area contributed by atoms with Crippen LogP contribution in [0.5, 0.6) is 0 Å². The molecule has 0 spiro atoms. The first-order valence-corrected chi connectivity index (χ1v) is 12.7. The highest BCUT2D eigenvalue weighted by atomic mass is 32.2. The molecule has 9 nitrogen and oxygen atoms in total. The number of sulfonamides is 1. The van der Waals surface area contributed by atoms with E-state index in [1.165, 1.54) is 21.3 Å². The van der Waals surface area contributed by atoms with E-state index in [-0.39, 0.29) is 28.9 Å². The molecule has 0 amide bonds. The second kappa shape index (κ2) is 8.59. The SMILES string of the molecule is [B]C(F)(F)c1cc2cnc(NC3CCN(S(C)(=O)=O)CC3)nc2n([C@H]2CC[C@H](O)[C@@H]2C)c1=O. The molecular formula is C20H26BF2N5O4S. The summed E-state index contributed by atoms with van der Waals surface area (Å²) >= 11 is 0. The standard InChI is InChI=1S/C20H26BF2N5O4S/c1-11-15(3-4-16(11)29)28-17-12(9-14(18(28)30)20(21,22)23)10-24-19(26-17)25-13-5-7-27(8-6-13)33(2,31)32/h9-11,13,15-16,29H,3-8H2,1-2H3,(H,24,25,26)/t11-,15+,16+/m1/s1. The summed E-state index contributed by atoms with van der Waals surface area (Å²) < 4.78 is 54.0. The summed E-state index contributed by atoms with van der Waals surface area (Å²) in [5, 5.41) is 13.6. The Hall–Kier alpha value is -2.12. The molecule has 33 heavy (non-hydrogen) atoms. The Morgan fingerprint density at radius 2 is 1.91 bits per heavy atom. The summed E-state index contributed by atoms with van der Waals surface area (Å²) in [5.74, 6) is -3.95. The Kier molecular flexibility index (Phi) is 6.25. The first-order valence-electron chi connectivity index (χ1n) is 10.9. The number of alkyl halides is 2. The van der Waals surface area contributed by atoms with Crippen LogP contribution in [0.4, 0.5) is 14.7 Å². The number of hydrogen-bond donors (Lipinski definition) is 2. The van der Waals surface area contributed by atoms with E-state index in [1.807, 2.05) is 0 Å². The van der Waals surface area contributed by atoms with Gasteiger partial charge in [-0.25, -0.2) is 26.5 Å². The molecule has 2 aromatic rings. The Morgan fingerprint density at radius 3 is 2.45 bits per heavy atom. The van der Waals surface area contributed by atoms with Gasteiger partial charge < -0.3 is 10.4 Å². The average Bonchev–Trinajstić information content (AvgIpc) is 3.05. The Labute approximate surface area is 191 Å². The third-order valence-corrected chi connectivity index (χ3v) is 8.00. The fourth-order valence-electron chi connectivity index (χ4n) is 4.74. The van der Waals surface area contributed by atoms with Crippen molar-refractivity contribution in [3.8, 4) is 0 Å². The number of aliphatic hydroxyl groups is 1. The van der Waals surface area contributed by atoms with Crippen molar-refractivity contribution < 1.29 is 22.3 Å². The number of nitrogens with zero attached hydrogens (tertiary/aromatic N) is 4. The summed E-state index contributed by atoms with van der Waals surface area (Å²) in [6, 6.07) is 0.414. The van der Waals surface area contributed by atoms with Gasteiger partial charge in [0, 0.05) is 42.7 Å². The molecule has 2 aromatic heterocycles. The van der Waals surface area contributed by atoms with Gasteiger partial charge in [-0.1, -0.05) is 6.92 Å². The molecule has 13 heteroatoms. The van der Waals surface area contributed by atoms with Crippen LogP contribution in [0, 0.1) is 5.92 Å². The van der Waals surface area contributed by atoms with Crippen LogP contribution in [0.3, 0.4) is 0 Å². The van der Waals surface area contributed by atoms with Crippen molar-refractivity contribution in [2.24, 2.45) is 5.92 Å². The highest BCUT2D eigenvalue weighted by molar-refractivity contribution is 7.88. The van der Waals surface area contributed by atoms with E-state index in [9.17, 15) is 27.1 Å². The molecule has 4 rings (SSSR count). The lowest BCUT2D eigenvalue weighted by molar-refractivity contribution is 0.0913. The quantitative estimate of drug-likeness (QED) is 0.616. The first-order chi connectivity index (χ1) is 15.4. The van der Waals surface area contributed by atoms with E-state index < -0.39 is 39.1 Å². The monoisotopic (exact) mass is 481 g/mol. The second-order valence-electron chi connectivity index (χ2n) is 8.98. The zero-order valence-corrected chi connectivity index (χ0v) is 19.2. The Balaban J connectivity index is 1.71. The lowest BCUT2D eigenvalue weighted by Gasteiger charge is -2.30. The number of pyridine rings is 1. The van der Waals surface area contributed by atoms with E-state index in [1.54, 1.807) is 6.92 Å². The van der Waals surface area contributed by atoms with Crippen molar-refractivity contribution in [2.45, 2.75) is 56.6 Å². The number of nitrogens with one attached hydrogen (secondary N) is 1. The van der Waals surface area contributed by atoms with Crippen molar-refractivity contribution in [1.82, 2.24) is 18.8 Å². The van der Waals surface area contributed by atoms with Crippen LogP contribution in [0.25, 0.3) is 11.0 Å². The summed E-state index contributed by atoms with van der Waals surface area (Å²) in [5.41, 5.74) is -1.60. The van der Waals surface area contributed by atoms with Gasteiger partial charge in [0.1, 0.15) is 5.65 Å². The number of hydrogen-bond acceptors (Lipinski definition) is 7. The van der Waals surface area contributed by atoms with Gasteiger partial charge in [-0.15, -0.1) is 0 Å². The maximum atomic E-state index is 14.0. The Bertz CT molecular complexity index is 1210. The number of anilines is 1. The zero-order valence-electron chi connectivity index (χ0n) is 18.4. The largest absolute Gasteiger partial charge is 0.393 e. The summed E-state index contributed by atoms with van der Waals surface area (Å²) in [6.45, 7) is 2.49. The highest BCUT2D eigenvalue weighted by Gasteiger charge is 2.37. The minimum atomic E-state index is -3.84. The van der Waals surface area contributed by atoms with Crippen LogP contribution in [0.15, 0.2) is 17.1 Å². The van der Waals surface area contributed by atoms with Gasteiger partial charge >= 0.3 is 0 Å². The molecule has 178 valence electrons. The van der Waals surface area contributed by atoms with E-state index >= 15 is 0 Å². The molecule has 3 heterocycles. The number of piperidine rings is 1. The van der Waals surface area contributed by atoms with Crippen molar-refractivity contribution in [2.75, 3.05) is 24.7 Å². The van der Waals surface area contributed by atoms with E-state index in [0.29, 0.717) is 38.8 Å².